The van der Waals surface area contributed by atoms with Gasteiger partial charge in [0.05, 0.1) is 18.1 Å². The van der Waals surface area contributed by atoms with Crippen LogP contribution in [0, 0.1) is 10.1 Å². The van der Waals surface area contributed by atoms with E-state index in [1.54, 1.807) is 12.1 Å². The second-order valence-corrected chi connectivity index (χ2v) is 6.02. The summed E-state index contributed by atoms with van der Waals surface area (Å²) in [6.07, 6.45) is 1.38. The Morgan fingerprint density at radius 3 is 2.62 bits per heavy atom. The summed E-state index contributed by atoms with van der Waals surface area (Å²) in [7, 11) is -3.03. The zero-order chi connectivity index (χ0) is 17.7. The summed E-state index contributed by atoms with van der Waals surface area (Å²) >= 11 is 0. The number of hydrazine groups is 1. The van der Waals surface area contributed by atoms with Gasteiger partial charge < -0.3 is 4.74 Å². The molecule has 0 aliphatic heterocycles. The number of nitrogens with zero attached hydrogens (tertiary/aromatic N) is 2. The molecule has 11 heteroatoms. The molecule has 10 nitrogen and oxygen atoms in total. The molecule has 0 aliphatic carbocycles. The van der Waals surface area contributed by atoms with Gasteiger partial charge in [0.25, 0.3) is 21.6 Å². The molecule has 0 unspecified atom stereocenters. The van der Waals surface area contributed by atoms with E-state index in [1.807, 2.05) is 10.3 Å². The molecular formula is C13H12N4O6S. The van der Waals surface area contributed by atoms with E-state index >= 15 is 0 Å². The van der Waals surface area contributed by atoms with Gasteiger partial charge in [0.15, 0.2) is 0 Å². The van der Waals surface area contributed by atoms with Crippen LogP contribution < -0.4 is 15.0 Å². The number of nitro benzene ring substituents is 1. The number of aromatic nitrogens is 1. The molecule has 0 spiro atoms. The Morgan fingerprint density at radius 2 is 2.04 bits per heavy atom. The monoisotopic (exact) mass is 352 g/mol. The number of amides is 1. The number of non-ortho nitro benzene ring substituents is 1. The van der Waals surface area contributed by atoms with Crippen LogP contribution in [0.2, 0.25) is 0 Å². The van der Waals surface area contributed by atoms with Crippen LogP contribution in [0.15, 0.2) is 47.5 Å². The van der Waals surface area contributed by atoms with Gasteiger partial charge >= 0.3 is 0 Å². The standard InChI is InChI=1S/C13H12N4O6S/c1-23-11-8-9(17(19)20)5-6-12(11)24(21,22)16-15-13(18)10-4-2-3-7-14-10/h2-8,16H,1H3,(H,15,18). The quantitative estimate of drug-likeness (QED) is 0.573. The average Bonchev–Trinajstić information content (AvgIpc) is 2.59. The molecule has 1 aromatic heterocycles. The van der Waals surface area contributed by atoms with E-state index in [2.05, 4.69) is 4.98 Å². The van der Waals surface area contributed by atoms with Crippen LogP contribution in [0.5, 0.6) is 5.75 Å². The number of carbonyl (C=O) groups excluding carboxylic acids is 1. The Labute approximate surface area is 136 Å². The molecule has 1 aromatic carbocycles. The largest absolute Gasteiger partial charge is 0.495 e. The number of sulfonamides is 1. The third-order valence-corrected chi connectivity index (χ3v) is 4.13. The molecule has 0 saturated heterocycles. The highest BCUT2D eigenvalue weighted by molar-refractivity contribution is 7.89. The smallest absolute Gasteiger partial charge is 0.284 e. The van der Waals surface area contributed by atoms with Gasteiger partial charge in [-0.3, -0.25) is 25.3 Å². The second kappa shape index (κ2) is 7.02. The van der Waals surface area contributed by atoms with Gasteiger partial charge in [0.1, 0.15) is 16.3 Å². The summed E-state index contributed by atoms with van der Waals surface area (Å²) in [5, 5.41) is 10.7. The molecule has 2 rings (SSSR count). The van der Waals surface area contributed by atoms with Crippen LogP contribution in [0.25, 0.3) is 0 Å². The zero-order valence-electron chi connectivity index (χ0n) is 12.3. The summed E-state index contributed by atoms with van der Waals surface area (Å²) in [4.78, 5) is 27.1. The van der Waals surface area contributed by atoms with E-state index in [4.69, 9.17) is 4.74 Å². The number of benzene rings is 1. The van der Waals surface area contributed by atoms with E-state index in [0.717, 1.165) is 18.2 Å². The van der Waals surface area contributed by atoms with Crippen molar-refractivity contribution in [1.82, 2.24) is 15.2 Å². The van der Waals surface area contributed by atoms with Crippen molar-refractivity contribution >= 4 is 21.6 Å². The number of rotatable bonds is 6. The highest BCUT2D eigenvalue weighted by Gasteiger charge is 2.23. The molecule has 1 heterocycles. The zero-order valence-corrected chi connectivity index (χ0v) is 13.1. The van der Waals surface area contributed by atoms with Crippen LogP contribution in [-0.4, -0.2) is 31.3 Å². The minimum Gasteiger partial charge on any atom is -0.495 e. The fraction of sp³-hybridized carbons (Fsp3) is 0.0769. The first-order valence-electron chi connectivity index (χ1n) is 6.41. The SMILES string of the molecule is COc1cc([N+](=O)[O-])ccc1S(=O)(=O)NNC(=O)c1ccccn1. The fourth-order valence-electron chi connectivity index (χ4n) is 1.72. The van der Waals surface area contributed by atoms with E-state index in [9.17, 15) is 23.3 Å². The lowest BCUT2D eigenvalue weighted by Gasteiger charge is -2.11. The Morgan fingerprint density at radius 1 is 1.29 bits per heavy atom. The summed E-state index contributed by atoms with van der Waals surface area (Å²) in [5.41, 5.74) is 1.68. The number of methoxy groups -OCH3 is 1. The maximum atomic E-state index is 12.2. The Kier molecular flexibility index (Phi) is 5.06. The molecule has 2 N–H and O–H groups in total. The normalized spacial score (nSPS) is 10.9. The molecule has 126 valence electrons. The predicted octanol–water partition coefficient (Wildman–Crippen LogP) is 0.622. The van der Waals surface area contributed by atoms with Crippen LogP contribution in [0.4, 0.5) is 5.69 Å². The first kappa shape index (κ1) is 17.3. The van der Waals surface area contributed by atoms with Crippen molar-refractivity contribution in [2.45, 2.75) is 4.90 Å². The summed E-state index contributed by atoms with van der Waals surface area (Å²) in [5.74, 6) is -0.996. The molecule has 1 amide bonds. The van der Waals surface area contributed by atoms with Crippen molar-refractivity contribution < 1.29 is 22.9 Å². The van der Waals surface area contributed by atoms with E-state index in [-0.39, 0.29) is 22.0 Å². The van der Waals surface area contributed by atoms with Gasteiger partial charge in [-0.05, 0) is 18.2 Å². The van der Waals surface area contributed by atoms with Crippen LogP contribution >= 0.6 is 0 Å². The summed E-state index contributed by atoms with van der Waals surface area (Å²) < 4.78 is 29.3. The lowest BCUT2D eigenvalue weighted by atomic mass is 10.3. The van der Waals surface area contributed by atoms with Crippen molar-refractivity contribution in [1.29, 1.82) is 0 Å². The van der Waals surface area contributed by atoms with Crippen LogP contribution in [0.1, 0.15) is 10.5 Å². The molecule has 0 atom stereocenters. The summed E-state index contributed by atoms with van der Waals surface area (Å²) in [6.45, 7) is 0. The molecule has 0 bridgehead atoms. The van der Waals surface area contributed by atoms with Crippen molar-refractivity contribution in [3.63, 3.8) is 0 Å². The first-order chi connectivity index (χ1) is 11.3. The number of hydrogen-bond donors (Lipinski definition) is 2. The van der Waals surface area contributed by atoms with Gasteiger partial charge in [0, 0.05) is 12.3 Å². The van der Waals surface area contributed by atoms with Crippen molar-refractivity contribution in [3.05, 3.63) is 58.4 Å². The molecule has 2 aromatic rings. The highest BCUT2D eigenvalue weighted by Crippen LogP contribution is 2.27. The minimum atomic E-state index is -4.21. The van der Waals surface area contributed by atoms with E-state index < -0.39 is 20.9 Å². The number of nitro groups is 1. The molecule has 0 saturated carbocycles. The Hall–Kier alpha value is -3.05. The lowest BCUT2D eigenvalue weighted by molar-refractivity contribution is -0.385. The second-order valence-electron chi connectivity index (χ2n) is 4.37. The maximum absolute atomic E-state index is 12.2. The van der Waals surface area contributed by atoms with Crippen molar-refractivity contribution in [2.24, 2.45) is 0 Å². The van der Waals surface area contributed by atoms with Gasteiger partial charge in [-0.2, -0.15) is 0 Å². The number of hydrogen-bond acceptors (Lipinski definition) is 7. The Bertz CT molecular complexity index is 869. The molecule has 0 fully saturated rings. The van der Waals surface area contributed by atoms with Crippen LogP contribution in [0.3, 0.4) is 0 Å². The number of nitrogens with one attached hydrogen (secondary N) is 2. The third-order valence-electron chi connectivity index (χ3n) is 2.84. The van der Waals surface area contributed by atoms with E-state index in [0.29, 0.717) is 0 Å². The van der Waals surface area contributed by atoms with Crippen molar-refractivity contribution in [3.8, 4) is 5.75 Å². The summed E-state index contributed by atoms with van der Waals surface area (Å²) in [6, 6.07) is 7.55. The Balaban J connectivity index is 2.21. The van der Waals surface area contributed by atoms with Gasteiger partial charge in [0.2, 0.25) is 0 Å². The highest BCUT2D eigenvalue weighted by atomic mass is 32.2. The minimum absolute atomic E-state index is 0.0101. The van der Waals surface area contributed by atoms with E-state index in [1.165, 1.54) is 19.4 Å². The first-order valence-corrected chi connectivity index (χ1v) is 7.89. The number of carbonyl (C=O) groups is 1. The molecule has 0 aliphatic rings. The van der Waals surface area contributed by atoms with Gasteiger partial charge in [-0.1, -0.05) is 6.07 Å². The topological polar surface area (TPSA) is 141 Å². The molecular weight excluding hydrogens is 340 g/mol. The van der Waals surface area contributed by atoms with Crippen molar-refractivity contribution in [2.75, 3.05) is 7.11 Å². The third kappa shape index (κ3) is 3.83. The fourth-order valence-corrected chi connectivity index (χ4v) is 2.71. The van der Waals surface area contributed by atoms with Gasteiger partial charge in [-0.15, -0.1) is 4.83 Å². The predicted molar refractivity (Wildman–Crippen MR) is 81.7 cm³/mol. The lowest BCUT2D eigenvalue weighted by Crippen LogP contribution is -2.41. The number of ether oxygens (including phenoxy) is 1. The molecule has 0 radical (unpaired) electrons. The number of pyridine rings is 1. The molecule has 24 heavy (non-hydrogen) atoms. The average molecular weight is 352 g/mol. The van der Waals surface area contributed by atoms with Crippen LogP contribution in [-0.2, 0) is 10.0 Å². The maximum Gasteiger partial charge on any atom is 0.284 e. The van der Waals surface area contributed by atoms with Gasteiger partial charge in [-0.25, -0.2) is 8.42 Å².